The highest BCUT2D eigenvalue weighted by molar-refractivity contribution is 5.87. The third-order valence-electron chi connectivity index (χ3n) is 3.75. The lowest BCUT2D eigenvalue weighted by Crippen LogP contribution is -2.16. The predicted molar refractivity (Wildman–Crippen MR) is 84.3 cm³/mol. The van der Waals surface area contributed by atoms with Crippen LogP contribution in [0, 0.1) is 0 Å². The van der Waals surface area contributed by atoms with Crippen molar-refractivity contribution in [3.05, 3.63) is 83.4 Å². The van der Waals surface area contributed by atoms with Crippen LogP contribution >= 0.6 is 0 Å². The van der Waals surface area contributed by atoms with Gasteiger partial charge in [0.1, 0.15) is 0 Å². The van der Waals surface area contributed by atoms with Gasteiger partial charge in [0.2, 0.25) is 0 Å². The Morgan fingerprint density at radius 2 is 1.50 bits per heavy atom. The molecule has 3 aromatic carbocycles. The first-order chi connectivity index (χ1) is 9.81. The fourth-order valence-corrected chi connectivity index (χ4v) is 2.71. The fraction of sp³-hybridized carbons (Fsp3) is 0.111. The van der Waals surface area contributed by atoms with Crippen molar-refractivity contribution in [3.63, 3.8) is 0 Å². The second-order valence-electron chi connectivity index (χ2n) is 4.95. The van der Waals surface area contributed by atoms with E-state index < -0.39 is 0 Å². The van der Waals surface area contributed by atoms with Crippen LogP contribution in [0.1, 0.15) is 22.7 Å². The highest BCUT2D eigenvalue weighted by Gasteiger charge is 2.15. The molecule has 0 bridgehead atoms. The summed E-state index contributed by atoms with van der Waals surface area (Å²) in [4.78, 5) is 0. The van der Waals surface area contributed by atoms with Gasteiger partial charge in [-0.05, 0) is 27.5 Å². The number of hydrogen-bond acceptors (Lipinski definition) is 2. The maximum absolute atomic E-state index is 6.50. The highest BCUT2D eigenvalue weighted by Crippen LogP contribution is 2.30. The lowest BCUT2D eigenvalue weighted by molar-refractivity contribution is 0.855. The number of nitrogens with two attached hydrogens (primary N) is 2. The standard InChI is InChI=1S/C18H18N2/c19-12-15-11-10-13-6-4-5-9-16(13)17(15)18(20)14-7-2-1-3-8-14/h1-11,18H,12,19-20H2. The molecule has 0 amide bonds. The number of benzene rings is 3. The van der Waals surface area contributed by atoms with Gasteiger partial charge in [-0.25, -0.2) is 0 Å². The topological polar surface area (TPSA) is 52.0 Å². The Balaban J connectivity index is 2.23. The lowest BCUT2D eigenvalue weighted by atomic mass is 9.90. The minimum absolute atomic E-state index is 0.152. The van der Waals surface area contributed by atoms with E-state index in [0.29, 0.717) is 6.54 Å². The summed E-state index contributed by atoms with van der Waals surface area (Å²) in [6.45, 7) is 0.501. The quantitative estimate of drug-likeness (QED) is 0.760. The Kier molecular flexibility index (Phi) is 3.50. The van der Waals surface area contributed by atoms with E-state index in [9.17, 15) is 0 Å². The van der Waals surface area contributed by atoms with Crippen molar-refractivity contribution in [1.82, 2.24) is 0 Å². The zero-order chi connectivity index (χ0) is 13.9. The van der Waals surface area contributed by atoms with Crippen molar-refractivity contribution in [2.45, 2.75) is 12.6 Å². The molecular formula is C18H18N2. The van der Waals surface area contributed by atoms with Gasteiger partial charge in [-0.3, -0.25) is 0 Å². The minimum Gasteiger partial charge on any atom is -0.326 e. The van der Waals surface area contributed by atoms with E-state index in [1.165, 1.54) is 10.8 Å². The van der Waals surface area contributed by atoms with Gasteiger partial charge < -0.3 is 11.5 Å². The Bertz CT molecular complexity index is 720. The summed E-state index contributed by atoms with van der Waals surface area (Å²) in [5.74, 6) is 0. The first-order valence-corrected chi connectivity index (χ1v) is 6.82. The molecule has 3 aromatic rings. The molecule has 0 spiro atoms. The molecule has 2 heteroatoms. The predicted octanol–water partition coefficient (Wildman–Crippen LogP) is 3.35. The maximum atomic E-state index is 6.50. The van der Waals surface area contributed by atoms with Crippen molar-refractivity contribution >= 4 is 10.8 Å². The van der Waals surface area contributed by atoms with E-state index in [0.717, 1.165) is 16.7 Å². The van der Waals surface area contributed by atoms with E-state index in [1.54, 1.807) is 0 Å². The molecule has 0 saturated carbocycles. The van der Waals surface area contributed by atoms with Crippen LogP contribution in [0.25, 0.3) is 10.8 Å². The average Bonchev–Trinajstić information content (AvgIpc) is 2.54. The molecular weight excluding hydrogens is 244 g/mol. The molecule has 1 unspecified atom stereocenters. The van der Waals surface area contributed by atoms with Crippen molar-refractivity contribution in [3.8, 4) is 0 Å². The Hall–Kier alpha value is -2.16. The third-order valence-corrected chi connectivity index (χ3v) is 3.75. The molecule has 0 radical (unpaired) electrons. The van der Waals surface area contributed by atoms with E-state index in [4.69, 9.17) is 11.5 Å². The maximum Gasteiger partial charge on any atom is 0.0561 e. The first-order valence-electron chi connectivity index (χ1n) is 6.82. The first kappa shape index (κ1) is 12.9. The van der Waals surface area contributed by atoms with Crippen molar-refractivity contribution in [2.75, 3.05) is 0 Å². The van der Waals surface area contributed by atoms with Crippen molar-refractivity contribution < 1.29 is 0 Å². The van der Waals surface area contributed by atoms with Crippen LogP contribution < -0.4 is 11.5 Å². The normalized spacial score (nSPS) is 12.5. The summed E-state index contributed by atoms with van der Waals surface area (Å²) < 4.78 is 0. The van der Waals surface area contributed by atoms with Crippen LogP contribution in [0.2, 0.25) is 0 Å². The molecule has 0 heterocycles. The van der Waals surface area contributed by atoms with E-state index in [2.05, 4.69) is 36.4 Å². The molecule has 1 atom stereocenters. The van der Waals surface area contributed by atoms with Gasteiger partial charge in [0.05, 0.1) is 6.04 Å². The summed E-state index contributed by atoms with van der Waals surface area (Å²) in [5, 5.41) is 2.39. The van der Waals surface area contributed by atoms with Crippen LogP contribution in [0.5, 0.6) is 0 Å². The van der Waals surface area contributed by atoms with E-state index in [1.807, 2.05) is 30.3 Å². The van der Waals surface area contributed by atoms with Gasteiger partial charge in [-0.15, -0.1) is 0 Å². The summed E-state index contributed by atoms with van der Waals surface area (Å²) >= 11 is 0. The molecule has 100 valence electrons. The fourth-order valence-electron chi connectivity index (χ4n) is 2.71. The Morgan fingerprint density at radius 1 is 0.800 bits per heavy atom. The number of rotatable bonds is 3. The summed E-state index contributed by atoms with van der Waals surface area (Å²) in [6, 6.07) is 22.5. The van der Waals surface area contributed by atoms with Gasteiger partial charge in [-0.2, -0.15) is 0 Å². The lowest BCUT2D eigenvalue weighted by Gasteiger charge is -2.19. The smallest absolute Gasteiger partial charge is 0.0561 e. The molecule has 2 nitrogen and oxygen atoms in total. The summed E-state index contributed by atoms with van der Waals surface area (Å²) in [7, 11) is 0. The van der Waals surface area contributed by atoms with E-state index in [-0.39, 0.29) is 6.04 Å². The van der Waals surface area contributed by atoms with Crippen LogP contribution in [-0.4, -0.2) is 0 Å². The number of fused-ring (bicyclic) bond motifs is 1. The van der Waals surface area contributed by atoms with Crippen molar-refractivity contribution in [2.24, 2.45) is 11.5 Å². The zero-order valence-corrected chi connectivity index (χ0v) is 11.3. The van der Waals surface area contributed by atoms with Gasteiger partial charge >= 0.3 is 0 Å². The van der Waals surface area contributed by atoms with Crippen LogP contribution in [-0.2, 0) is 6.54 Å². The minimum atomic E-state index is -0.152. The van der Waals surface area contributed by atoms with Crippen LogP contribution in [0.3, 0.4) is 0 Å². The van der Waals surface area contributed by atoms with Crippen molar-refractivity contribution in [1.29, 1.82) is 0 Å². The van der Waals surface area contributed by atoms with Gasteiger partial charge in [0, 0.05) is 6.54 Å². The molecule has 4 N–H and O–H groups in total. The molecule has 0 aliphatic heterocycles. The summed E-state index contributed by atoms with van der Waals surface area (Å²) in [5.41, 5.74) is 15.8. The second kappa shape index (κ2) is 5.45. The molecule has 0 aliphatic rings. The molecule has 0 saturated heterocycles. The number of hydrogen-bond donors (Lipinski definition) is 2. The SMILES string of the molecule is NCc1ccc2ccccc2c1C(N)c1ccccc1. The third kappa shape index (κ3) is 2.20. The van der Waals surface area contributed by atoms with E-state index >= 15 is 0 Å². The Labute approximate surface area is 119 Å². The molecule has 3 rings (SSSR count). The largest absolute Gasteiger partial charge is 0.326 e. The Morgan fingerprint density at radius 3 is 2.25 bits per heavy atom. The van der Waals surface area contributed by atoms with Gasteiger partial charge in [-0.1, -0.05) is 66.7 Å². The molecule has 0 aromatic heterocycles. The molecule has 0 fully saturated rings. The highest BCUT2D eigenvalue weighted by atomic mass is 14.6. The van der Waals surface area contributed by atoms with Crippen LogP contribution in [0.15, 0.2) is 66.7 Å². The molecule has 20 heavy (non-hydrogen) atoms. The monoisotopic (exact) mass is 262 g/mol. The second-order valence-corrected chi connectivity index (χ2v) is 4.95. The molecule has 0 aliphatic carbocycles. The van der Waals surface area contributed by atoms with Crippen LogP contribution in [0.4, 0.5) is 0 Å². The summed E-state index contributed by atoms with van der Waals surface area (Å²) in [6.07, 6.45) is 0. The van der Waals surface area contributed by atoms with Gasteiger partial charge in [0.25, 0.3) is 0 Å². The van der Waals surface area contributed by atoms with Gasteiger partial charge in [0.15, 0.2) is 0 Å². The zero-order valence-electron chi connectivity index (χ0n) is 11.3. The average molecular weight is 262 g/mol.